The van der Waals surface area contributed by atoms with Crippen molar-refractivity contribution < 1.29 is 13.2 Å². The van der Waals surface area contributed by atoms with Crippen molar-refractivity contribution in [1.29, 1.82) is 0 Å². The number of halogens is 1. The van der Waals surface area contributed by atoms with Crippen molar-refractivity contribution in [3.8, 4) is 0 Å². The number of benzene rings is 2. The highest BCUT2D eigenvalue weighted by molar-refractivity contribution is 9.10. The van der Waals surface area contributed by atoms with Gasteiger partial charge in [-0.1, -0.05) is 39.4 Å². The third kappa shape index (κ3) is 4.28. The number of thiazole rings is 1. The molecular weight excluding hydrogens is 582 g/mol. The number of nitrogens with two attached hydrogens (primary N) is 1. The van der Waals surface area contributed by atoms with Crippen molar-refractivity contribution >= 4 is 60.6 Å². The van der Waals surface area contributed by atoms with E-state index in [2.05, 4.69) is 45.5 Å². The normalized spacial score (nSPS) is 26.4. The van der Waals surface area contributed by atoms with E-state index < -0.39 is 10.0 Å². The molecule has 3 aromatic rings. The Balaban J connectivity index is 1.31. The largest absolute Gasteiger partial charge is 0.325 e. The highest BCUT2D eigenvalue weighted by Crippen LogP contribution is 2.64. The molecule has 1 amide bonds. The van der Waals surface area contributed by atoms with Crippen molar-refractivity contribution in [3.63, 3.8) is 0 Å². The van der Waals surface area contributed by atoms with Crippen LogP contribution in [0, 0.1) is 17.8 Å². The molecule has 0 saturated heterocycles. The van der Waals surface area contributed by atoms with Gasteiger partial charge in [0.05, 0.1) is 9.92 Å². The number of carbonyl (C=O) groups excluding carboxylic acids is 1. The van der Waals surface area contributed by atoms with Gasteiger partial charge in [0.2, 0.25) is 15.9 Å². The second-order valence-electron chi connectivity index (χ2n) is 9.76. The van der Waals surface area contributed by atoms with E-state index in [0.717, 1.165) is 14.4 Å². The summed E-state index contributed by atoms with van der Waals surface area (Å²) in [4.78, 5) is 27.0. The molecule has 2 aromatic carbocycles. The lowest BCUT2D eigenvalue weighted by Crippen LogP contribution is -2.34. The van der Waals surface area contributed by atoms with Crippen molar-refractivity contribution in [1.82, 2.24) is 4.57 Å². The summed E-state index contributed by atoms with van der Waals surface area (Å²) in [6.45, 7) is -0.0901. The summed E-state index contributed by atoms with van der Waals surface area (Å²) in [6.07, 6.45) is 3.76. The van der Waals surface area contributed by atoms with Crippen LogP contribution in [-0.4, -0.2) is 24.1 Å². The number of nitrogens with one attached hydrogen (secondary N) is 1. The summed E-state index contributed by atoms with van der Waals surface area (Å²) in [5, 5.41) is 9.29. The Bertz CT molecular complexity index is 1500. The van der Waals surface area contributed by atoms with E-state index in [-0.39, 0.29) is 28.1 Å². The number of rotatable bonds is 5. The number of amides is 1. The standard InChI is InChI=1S/C25H24BrN3O4S3/c26-16-5-3-13(4-6-16)20-21-14-1-2-15(11-14)22(21)34-24-23(20)35-25(31)29(24)12-19(30)28-17-7-9-18(10-8-17)36(27,32)33/h3-10,14-15,20-22H,1-2,11-12H2,(H,28,30)(H2,27,32,33)/t14?,15?,20-,21?,22?/m1/s1. The van der Waals surface area contributed by atoms with Crippen LogP contribution in [0.1, 0.15) is 35.6 Å². The van der Waals surface area contributed by atoms with Gasteiger partial charge in [-0.05, 0) is 79.0 Å². The third-order valence-corrected chi connectivity index (χ3v) is 12.0. The smallest absolute Gasteiger partial charge is 0.308 e. The summed E-state index contributed by atoms with van der Waals surface area (Å²) in [6, 6.07) is 14.1. The first kappa shape index (κ1) is 24.4. The number of nitrogens with zero attached hydrogens (tertiary/aromatic N) is 1. The average molecular weight is 607 g/mol. The van der Waals surface area contributed by atoms with Gasteiger partial charge in [-0.2, -0.15) is 0 Å². The maximum Gasteiger partial charge on any atom is 0.308 e. The molecule has 1 aromatic heterocycles. The van der Waals surface area contributed by atoms with Crippen molar-refractivity contribution in [2.45, 2.75) is 46.9 Å². The Morgan fingerprint density at radius 2 is 1.78 bits per heavy atom. The first-order chi connectivity index (χ1) is 17.2. The molecule has 6 rings (SSSR count). The van der Waals surface area contributed by atoms with E-state index in [1.807, 2.05) is 0 Å². The van der Waals surface area contributed by atoms with Gasteiger partial charge in [-0.15, -0.1) is 11.8 Å². The van der Waals surface area contributed by atoms with Crippen LogP contribution in [0.15, 0.2) is 67.7 Å². The van der Waals surface area contributed by atoms with Crippen LogP contribution in [0.3, 0.4) is 0 Å². The van der Waals surface area contributed by atoms with Crippen molar-refractivity contribution in [2.24, 2.45) is 22.9 Å². The average Bonchev–Trinajstić information content (AvgIpc) is 3.53. The molecule has 2 aliphatic carbocycles. The molecule has 3 N–H and O–H groups in total. The lowest BCUT2D eigenvalue weighted by molar-refractivity contribution is -0.116. The SMILES string of the molecule is NS(=O)(=O)c1ccc(NC(=O)Cn2c3c(sc2=O)[C@H](c2ccc(Br)cc2)C2C4CCC(C4)C2S3)cc1. The van der Waals surface area contributed by atoms with E-state index in [1.54, 1.807) is 16.3 Å². The first-order valence-electron chi connectivity index (χ1n) is 11.8. The van der Waals surface area contributed by atoms with E-state index in [1.165, 1.54) is 60.4 Å². The zero-order chi connectivity index (χ0) is 25.2. The second-order valence-corrected chi connectivity index (χ2v) is 14.4. The molecular formula is C25H24BrN3O4S3. The van der Waals surface area contributed by atoms with E-state index in [0.29, 0.717) is 28.7 Å². The highest BCUT2D eigenvalue weighted by atomic mass is 79.9. The summed E-state index contributed by atoms with van der Waals surface area (Å²) in [5.74, 6) is 1.69. The highest BCUT2D eigenvalue weighted by Gasteiger charge is 2.55. The molecule has 4 unspecified atom stereocenters. The molecule has 0 spiro atoms. The monoisotopic (exact) mass is 605 g/mol. The minimum Gasteiger partial charge on any atom is -0.325 e. The number of hydrogen-bond donors (Lipinski definition) is 2. The molecule has 1 aliphatic heterocycles. The van der Waals surface area contributed by atoms with Crippen LogP contribution in [0.2, 0.25) is 0 Å². The number of hydrogen-bond acceptors (Lipinski definition) is 6. The number of sulfonamides is 1. The molecule has 2 heterocycles. The van der Waals surface area contributed by atoms with Crippen LogP contribution in [0.25, 0.3) is 0 Å². The molecule has 0 radical (unpaired) electrons. The van der Waals surface area contributed by atoms with Gasteiger partial charge in [0, 0.05) is 26.2 Å². The predicted molar refractivity (Wildman–Crippen MR) is 145 cm³/mol. The Kier molecular flexibility index (Phi) is 6.19. The van der Waals surface area contributed by atoms with Gasteiger partial charge in [0.1, 0.15) is 6.54 Å². The van der Waals surface area contributed by atoms with Crippen LogP contribution in [0.4, 0.5) is 5.69 Å². The maximum atomic E-state index is 13.2. The Labute approximate surface area is 225 Å². The molecule has 2 saturated carbocycles. The third-order valence-electron chi connectivity index (χ3n) is 7.69. The van der Waals surface area contributed by atoms with E-state index >= 15 is 0 Å². The minimum absolute atomic E-state index is 0.0283. The number of primary sulfonamides is 1. The lowest BCUT2D eigenvalue weighted by atomic mass is 9.75. The Hall–Kier alpha value is -1.92. The topological polar surface area (TPSA) is 111 Å². The summed E-state index contributed by atoms with van der Waals surface area (Å²) < 4.78 is 25.6. The number of carbonyl (C=O) groups is 1. The number of fused-ring (bicyclic) bond motifs is 6. The quantitative estimate of drug-likeness (QED) is 0.441. The first-order valence-corrected chi connectivity index (χ1v) is 15.8. The zero-order valence-corrected chi connectivity index (χ0v) is 23.1. The number of aromatic nitrogens is 1. The van der Waals surface area contributed by atoms with Crippen molar-refractivity contribution in [2.75, 3.05) is 5.32 Å². The minimum atomic E-state index is -3.81. The lowest BCUT2D eigenvalue weighted by Gasteiger charge is -2.40. The number of anilines is 1. The molecule has 7 nitrogen and oxygen atoms in total. The fourth-order valence-corrected chi connectivity index (χ4v) is 10.1. The van der Waals surface area contributed by atoms with Gasteiger partial charge in [-0.25, -0.2) is 13.6 Å². The van der Waals surface area contributed by atoms with Gasteiger partial charge >= 0.3 is 4.87 Å². The fourth-order valence-electron chi connectivity index (χ4n) is 6.20. The van der Waals surface area contributed by atoms with Crippen LogP contribution < -0.4 is 15.3 Å². The molecule has 188 valence electrons. The van der Waals surface area contributed by atoms with Crippen LogP contribution in [-0.2, 0) is 21.4 Å². The molecule has 2 bridgehead atoms. The van der Waals surface area contributed by atoms with Crippen LogP contribution in [0.5, 0.6) is 0 Å². The van der Waals surface area contributed by atoms with E-state index in [4.69, 9.17) is 5.14 Å². The Morgan fingerprint density at radius 1 is 1.08 bits per heavy atom. The summed E-state index contributed by atoms with van der Waals surface area (Å²) >= 11 is 6.60. The second kappa shape index (κ2) is 9.13. The van der Waals surface area contributed by atoms with Gasteiger partial charge in [0.25, 0.3) is 0 Å². The molecule has 2 fully saturated rings. The molecule has 36 heavy (non-hydrogen) atoms. The predicted octanol–water partition coefficient (Wildman–Crippen LogP) is 4.61. The zero-order valence-electron chi connectivity index (χ0n) is 19.1. The van der Waals surface area contributed by atoms with Gasteiger partial charge < -0.3 is 5.32 Å². The molecule has 3 aliphatic rings. The Morgan fingerprint density at radius 3 is 2.47 bits per heavy atom. The van der Waals surface area contributed by atoms with Gasteiger partial charge in [0.15, 0.2) is 0 Å². The van der Waals surface area contributed by atoms with Crippen LogP contribution >= 0.6 is 39.0 Å². The number of thioether (sulfide) groups is 1. The summed E-state index contributed by atoms with van der Waals surface area (Å²) in [7, 11) is -3.81. The molecule has 11 heteroatoms. The van der Waals surface area contributed by atoms with Gasteiger partial charge in [-0.3, -0.25) is 14.2 Å². The molecule has 5 atom stereocenters. The van der Waals surface area contributed by atoms with Crippen molar-refractivity contribution in [3.05, 3.63) is 73.1 Å². The van der Waals surface area contributed by atoms with E-state index in [9.17, 15) is 18.0 Å². The summed E-state index contributed by atoms with van der Waals surface area (Å²) in [5.41, 5.74) is 1.67. The fraction of sp³-hybridized carbons (Fsp3) is 0.360. The maximum absolute atomic E-state index is 13.2.